The number of carbonyl (C=O) groups excluding carboxylic acids is 1. The largest absolute Gasteiger partial charge is 0.495 e. The summed E-state index contributed by atoms with van der Waals surface area (Å²) in [6, 6.07) is 11.7. The van der Waals surface area contributed by atoms with E-state index in [-0.39, 0.29) is 5.91 Å². The minimum atomic E-state index is -0.239. The predicted octanol–water partition coefficient (Wildman–Crippen LogP) is 5.32. The van der Waals surface area contributed by atoms with Crippen LogP contribution in [0.25, 0.3) is 0 Å². The van der Waals surface area contributed by atoms with Crippen LogP contribution < -0.4 is 15.4 Å². The number of anilines is 3. The van der Waals surface area contributed by atoms with E-state index < -0.39 is 0 Å². The zero-order valence-electron chi connectivity index (χ0n) is 16.9. The van der Waals surface area contributed by atoms with Crippen molar-refractivity contribution in [1.82, 2.24) is 4.98 Å². The number of nitrogens with one attached hydrogen (secondary N) is 2. The van der Waals surface area contributed by atoms with Gasteiger partial charge < -0.3 is 15.4 Å². The first-order valence-electron chi connectivity index (χ1n) is 9.13. The molecule has 5 heteroatoms. The number of nitrogens with zero attached hydrogens (tertiary/aromatic N) is 1. The van der Waals surface area contributed by atoms with Crippen LogP contribution in [0.2, 0.25) is 0 Å². The van der Waals surface area contributed by atoms with Crippen LogP contribution in [0.1, 0.15) is 32.6 Å². The fourth-order valence-corrected chi connectivity index (χ4v) is 3.27. The zero-order valence-corrected chi connectivity index (χ0v) is 16.9. The van der Waals surface area contributed by atoms with E-state index in [0.29, 0.717) is 17.0 Å². The van der Waals surface area contributed by atoms with Gasteiger partial charge in [0.05, 0.1) is 30.2 Å². The Kier molecular flexibility index (Phi) is 5.64. The number of hydrogen-bond acceptors (Lipinski definition) is 4. The quantitative estimate of drug-likeness (QED) is 0.633. The van der Waals surface area contributed by atoms with Gasteiger partial charge in [0.25, 0.3) is 5.91 Å². The molecular formula is C23H25N3O2. The second kappa shape index (κ2) is 8.13. The molecule has 1 amide bonds. The number of hydrogen-bond donors (Lipinski definition) is 2. The number of aromatic nitrogens is 1. The molecule has 1 heterocycles. The molecule has 0 bridgehead atoms. The maximum Gasteiger partial charge on any atom is 0.257 e. The van der Waals surface area contributed by atoms with Gasteiger partial charge in [-0.05, 0) is 62.6 Å². The van der Waals surface area contributed by atoms with E-state index in [9.17, 15) is 4.79 Å². The molecular weight excluding hydrogens is 350 g/mol. The van der Waals surface area contributed by atoms with Crippen molar-refractivity contribution in [3.8, 4) is 5.75 Å². The Labute approximate surface area is 165 Å². The van der Waals surface area contributed by atoms with Gasteiger partial charge in [-0.2, -0.15) is 0 Å². The zero-order chi connectivity index (χ0) is 20.3. The van der Waals surface area contributed by atoms with Gasteiger partial charge in [0.15, 0.2) is 0 Å². The maximum atomic E-state index is 12.7. The molecule has 144 valence electrons. The Morgan fingerprint density at radius 2 is 1.64 bits per heavy atom. The van der Waals surface area contributed by atoms with Crippen LogP contribution in [0.3, 0.4) is 0 Å². The van der Waals surface area contributed by atoms with Crippen molar-refractivity contribution >= 4 is 23.0 Å². The predicted molar refractivity (Wildman–Crippen MR) is 114 cm³/mol. The lowest BCUT2D eigenvalue weighted by molar-refractivity contribution is 0.102. The molecule has 2 aromatic carbocycles. The molecule has 1 aromatic heterocycles. The number of aryl methyl sites for hydroxylation is 4. The first-order chi connectivity index (χ1) is 13.4. The number of pyridine rings is 1. The molecule has 0 spiro atoms. The van der Waals surface area contributed by atoms with E-state index in [1.807, 2.05) is 25.1 Å². The summed E-state index contributed by atoms with van der Waals surface area (Å²) in [7, 11) is 1.58. The van der Waals surface area contributed by atoms with E-state index in [4.69, 9.17) is 4.74 Å². The van der Waals surface area contributed by atoms with E-state index in [1.54, 1.807) is 25.6 Å². The van der Waals surface area contributed by atoms with Crippen molar-refractivity contribution in [2.75, 3.05) is 17.7 Å². The van der Waals surface area contributed by atoms with Gasteiger partial charge in [0, 0.05) is 11.9 Å². The number of benzene rings is 2. The SMILES string of the molecule is COc1ccc(C)cc1NC(=O)c1cncc(Nc2c(C)cc(C)cc2C)c1. The molecule has 5 nitrogen and oxygen atoms in total. The highest BCUT2D eigenvalue weighted by Gasteiger charge is 2.12. The number of rotatable bonds is 5. The second-order valence-corrected chi connectivity index (χ2v) is 7.02. The molecule has 0 saturated heterocycles. The lowest BCUT2D eigenvalue weighted by Gasteiger charge is -2.15. The van der Waals surface area contributed by atoms with Crippen molar-refractivity contribution in [3.63, 3.8) is 0 Å². The maximum absolute atomic E-state index is 12.7. The molecule has 0 unspecified atom stereocenters. The average molecular weight is 375 g/mol. The molecule has 28 heavy (non-hydrogen) atoms. The summed E-state index contributed by atoms with van der Waals surface area (Å²) >= 11 is 0. The number of amides is 1. The smallest absolute Gasteiger partial charge is 0.257 e. The Morgan fingerprint density at radius 3 is 2.32 bits per heavy atom. The summed E-state index contributed by atoms with van der Waals surface area (Å²) in [5, 5.41) is 6.30. The molecule has 0 radical (unpaired) electrons. The lowest BCUT2D eigenvalue weighted by Crippen LogP contribution is -2.13. The van der Waals surface area contributed by atoms with E-state index in [1.165, 1.54) is 5.56 Å². The number of ether oxygens (including phenoxy) is 1. The molecule has 0 aliphatic rings. The molecule has 2 N–H and O–H groups in total. The van der Waals surface area contributed by atoms with Gasteiger partial charge in [0.2, 0.25) is 0 Å². The summed E-state index contributed by atoms with van der Waals surface area (Å²) in [6.07, 6.45) is 3.26. The van der Waals surface area contributed by atoms with Crippen molar-refractivity contribution in [1.29, 1.82) is 0 Å². The van der Waals surface area contributed by atoms with Crippen molar-refractivity contribution < 1.29 is 9.53 Å². The van der Waals surface area contributed by atoms with Crippen molar-refractivity contribution in [2.24, 2.45) is 0 Å². The van der Waals surface area contributed by atoms with E-state index in [2.05, 4.69) is 48.5 Å². The first kappa shape index (κ1) is 19.4. The second-order valence-electron chi connectivity index (χ2n) is 7.02. The standard InChI is InChI=1S/C23H25N3O2/c1-14-6-7-21(28-5)20(10-14)26-23(27)18-11-19(13-24-12-18)25-22-16(3)8-15(2)9-17(22)4/h6-13,25H,1-5H3,(H,26,27). The van der Waals surface area contributed by atoms with E-state index >= 15 is 0 Å². The molecule has 0 atom stereocenters. The van der Waals surface area contributed by atoms with Gasteiger partial charge in [-0.15, -0.1) is 0 Å². The summed E-state index contributed by atoms with van der Waals surface area (Å²) in [5.74, 6) is 0.379. The van der Waals surface area contributed by atoms with Gasteiger partial charge in [-0.25, -0.2) is 0 Å². The van der Waals surface area contributed by atoms with E-state index in [0.717, 1.165) is 28.1 Å². The van der Waals surface area contributed by atoms with Crippen LogP contribution in [-0.4, -0.2) is 18.0 Å². The number of carbonyl (C=O) groups is 1. The van der Waals surface area contributed by atoms with Crippen molar-refractivity contribution in [2.45, 2.75) is 27.7 Å². The van der Waals surface area contributed by atoms with Crippen LogP contribution in [0.15, 0.2) is 48.8 Å². The van der Waals surface area contributed by atoms with Gasteiger partial charge in [0.1, 0.15) is 5.75 Å². The van der Waals surface area contributed by atoms with Crippen LogP contribution in [0.5, 0.6) is 5.75 Å². The topological polar surface area (TPSA) is 63.2 Å². The molecule has 0 aliphatic carbocycles. The van der Waals surface area contributed by atoms with Crippen LogP contribution >= 0.6 is 0 Å². The highest BCUT2D eigenvalue weighted by atomic mass is 16.5. The van der Waals surface area contributed by atoms with Gasteiger partial charge >= 0.3 is 0 Å². The number of methoxy groups -OCH3 is 1. The summed E-state index contributed by atoms with van der Waals surface area (Å²) in [4.78, 5) is 17.0. The first-order valence-corrected chi connectivity index (χ1v) is 9.13. The van der Waals surface area contributed by atoms with Crippen LogP contribution in [-0.2, 0) is 0 Å². The molecule has 3 aromatic rings. The molecule has 3 rings (SSSR count). The van der Waals surface area contributed by atoms with Gasteiger partial charge in [-0.3, -0.25) is 9.78 Å². The fourth-order valence-electron chi connectivity index (χ4n) is 3.27. The lowest BCUT2D eigenvalue weighted by atomic mass is 10.0. The summed E-state index contributed by atoms with van der Waals surface area (Å²) < 4.78 is 5.33. The van der Waals surface area contributed by atoms with Crippen LogP contribution in [0.4, 0.5) is 17.1 Å². The third-order valence-electron chi connectivity index (χ3n) is 4.55. The Balaban J connectivity index is 1.84. The highest BCUT2D eigenvalue weighted by molar-refractivity contribution is 6.05. The van der Waals surface area contributed by atoms with Crippen molar-refractivity contribution in [3.05, 3.63) is 76.6 Å². The Hall–Kier alpha value is -3.34. The molecule has 0 saturated carbocycles. The highest BCUT2D eigenvalue weighted by Crippen LogP contribution is 2.27. The van der Waals surface area contributed by atoms with Crippen LogP contribution in [0, 0.1) is 27.7 Å². The summed E-state index contributed by atoms with van der Waals surface area (Å²) in [5.41, 5.74) is 7.46. The third kappa shape index (κ3) is 4.31. The third-order valence-corrected chi connectivity index (χ3v) is 4.55. The minimum absolute atomic E-state index is 0.239. The normalized spacial score (nSPS) is 10.5. The Morgan fingerprint density at radius 1 is 0.929 bits per heavy atom. The average Bonchev–Trinajstić information content (AvgIpc) is 2.65. The molecule has 0 aliphatic heterocycles. The van der Waals surface area contributed by atoms with Gasteiger partial charge in [-0.1, -0.05) is 23.8 Å². The molecule has 0 fully saturated rings. The fraction of sp³-hybridized carbons (Fsp3) is 0.217. The Bertz CT molecular complexity index is 1010. The summed E-state index contributed by atoms with van der Waals surface area (Å²) in [6.45, 7) is 8.18. The monoisotopic (exact) mass is 375 g/mol. The minimum Gasteiger partial charge on any atom is -0.495 e.